The molecule has 4 rings (SSSR count). The number of rotatable bonds is 4. The molecule has 4 aromatic rings. The molecule has 0 aliphatic heterocycles. The minimum atomic E-state index is -0.470. The van der Waals surface area contributed by atoms with Gasteiger partial charge in [0.2, 0.25) is 11.8 Å². The summed E-state index contributed by atoms with van der Waals surface area (Å²) in [6.45, 7) is 0.529. The summed E-state index contributed by atoms with van der Waals surface area (Å²) in [6, 6.07) is 21.6. The fourth-order valence-electron chi connectivity index (χ4n) is 3.39. The van der Waals surface area contributed by atoms with E-state index in [0.717, 1.165) is 27.4 Å². The molecule has 0 saturated heterocycles. The summed E-state index contributed by atoms with van der Waals surface area (Å²) in [4.78, 5) is 23.4. The lowest BCUT2D eigenvalue weighted by Gasteiger charge is -2.09. The zero-order chi connectivity index (χ0) is 18.3. The summed E-state index contributed by atoms with van der Waals surface area (Å²) in [5, 5.41) is 1.64. The molecule has 5 nitrogen and oxygen atoms in total. The SMILES string of the molecule is NC(=O)c1cccc(Cn2c3ccc[c]c3c3c(C(N)=O)cccc32)c1. The Morgan fingerprint density at radius 2 is 1.69 bits per heavy atom. The van der Waals surface area contributed by atoms with Gasteiger partial charge in [0.05, 0.1) is 11.0 Å². The summed E-state index contributed by atoms with van der Waals surface area (Å²) in [5.41, 5.74) is 14.7. The van der Waals surface area contributed by atoms with Crippen LogP contribution in [0.25, 0.3) is 21.8 Å². The highest BCUT2D eigenvalue weighted by molar-refractivity contribution is 6.17. The fraction of sp³-hybridized carbons (Fsp3) is 0.0476. The van der Waals surface area contributed by atoms with Crippen molar-refractivity contribution < 1.29 is 9.59 Å². The number of aromatic nitrogens is 1. The Kier molecular flexibility index (Phi) is 3.69. The standard InChI is InChI=1S/C21H16N3O2/c22-20(25)14-6-3-5-13(11-14)12-24-17-9-2-1-7-15(17)19-16(21(23)26)8-4-10-18(19)24/h1-6,8-11H,12H2,(H2,22,25)(H2,23,26). The maximum absolute atomic E-state index is 11.9. The van der Waals surface area contributed by atoms with E-state index < -0.39 is 11.8 Å². The molecule has 0 spiro atoms. The highest BCUT2D eigenvalue weighted by atomic mass is 16.1. The van der Waals surface area contributed by atoms with Gasteiger partial charge in [-0.2, -0.15) is 0 Å². The average molecular weight is 342 g/mol. The van der Waals surface area contributed by atoms with Crippen LogP contribution >= 0.6 is 0 Å². The Bertz CT molecular complexity index is 1170. The quantitative estimate of drug-likeness (QED) is 0.597. The van der Waals surface area contributed by atoms with Gasteiger partial charge < -0.3 is 16.0 Å². The van der Waals surface area contributed by atoms with Crippen LogP contribution in [0.4, 0.5) is 0 Å². The second-order valence-corrected chi connectivity index (χ2v) is 6.15. The molecule has 0 aliphatic rings. The van der Waals surface area contributed by atoms with Crippen LogP contribution in [0.1, 0.15) is 26.3 Å². The molecule has 1 radical (unpaired) electrons. The first-order valence-electron chi connectivity index (χ1n) is 8.16. The number of fused-ring (bicyclic) bond motifs is 3. The lowest BCUT2D eigenvalue weighted by molar-refractivity contribution is 0.0992. The number of nitrogens with zero attached hydrogens (tertiary/aromatic N) is 1. The molecule has 127 valence electrons. The van der Waals surface area contributed by atoms with Crippen LogP contribution < -0.4 is 11.5 Å². The van der Waals surface area contributed by atoms with Crippen molar-refractivity contribution in [1.29, 1.82) is 0 Å². The molecule has 0 bridgehead atoms. The van der Waals surface area contributed by atoms with Crippen molar-refractivity contribution in [2.45, 2.75) is 6.54 Å². The van der Waals surface area contributed by atoms with Crippen LogP contribution in [0.3, 0.4) is 0 Å². The van der Waals surface area contributed by atoms with Gasteiger partial charge >= 0.3 is 0 Å². The maximum atomic E-state index is 11.9. The average Bonchev–Trinajstić information content (AvgIpc) is 2.96. The zero-order valence-corrected chi connectivity index (χ0v) is 13.9. The highest BCUT2D eigenvalue weighted by Crippen LogP contribution is 2.31. The molecule has 5 heteroatoms. The third-order valence-electron chi connectivity index (χ3n) is 4.53. The zero-order valence-electron chi connectivity index (χ0n) is 13.9. The third-order valence-corrected chi connectivity index (χ3v) is 4.53. The first kappa shape index (κ1) is 15.9. The van der Waals surface area contributed by atoms with Crippen molar-refractivity contribution in [3.05, 3.63) is 83.4 Å². The van der Waals surface area contributed by atoms with Crippen LogP contribution in [0.15, 0.2) is 60.7 Å². The molecular weight excluding hydrogens is 326 g/mol. The van der Waals surface area contributed by atoms with E-state index in [1.165, 1.54) is 0 Å². The smallest absolute Gasteiger partial charge is 0.249 e. The second kappa shape index (κ2) is 6.04. The van der Waals surface area contributed by atoms with Crippen molar-refractivity contribution in [2.24, 2.45) is 11.5 Å². The molecule has 0 aliphatic carbocycles. The topological polar surface area (TPSA) is 91.1 Å². The Morgan fingerprint density at radius 1 is 0.923 bits per heavy atom. The molecular formula is C21H16N3O2. The Balaban J connectivity index is 1.97. The second-order valence-electron chi connectivity index (χ2n) is 6.15. The van der Waals surface area contributed by atoms with E-state index in [0.29, 0.717) is 17.7 Å². The van der Waals surface area contributed by atoms with Gasteiger partial charge in [-0.15, -0.1) is 0 Å². The van der Waals surface area contributed by atoms with Crippen molar-refractivity contribution in [2.75, 3.05) is 0 Å². The van der Waals surface area contributed by atoms with Gasteiger partial charge in [0, 0.05) is 28.4 Å². The minimum absolute atomic E-state index is 0.460. The molecule has 0 atom stereocenters. The van der Waals surface area contributed by atoms with Gasteiger partial charge in [0.15, 0.2) is 0 Å². The van der Waals surface area contributed by atoms with E-state index in [4.69, 9.17) is 11.5 Å². The van der Waals surface area contributed by atoms with Gasteiger partial charge in [-0.3, -0.25) is 9.59 Å². The Hall–Kier alpha value is -3.60. The first-order valence-corrected chi connectivity index (χ1v) is 8.16. The third kappa shape index (κ3) is 2.50. The summed E-state index contributed by atoms with van der Waals surface area (Å²) >= 11 is 0. The largest absolute Gasteiger partial charge is 0.366 e. The van der Waals surface area contributed by atoms with Gasteiger partial charge in [-0.25, -0.2) is 0 Å². The molecule has 0 fully saturated rings. The maximum Gasteiger partial charge on any atom is 0.249 e. The number of carbonyl (C=O) groups is 2. The lowest BCUT2D eigenvalue weighted by atomic mass is 10.1. The summed E-state index contributed by atoms with van der Waals surface area (Å²) in [5.74, 6) is -0.930. The van der Waals surface area contributed by atoms with Crippen LogP contribution in [0, 0.1) is 6.07 Å². The molecule has 1 heterocycles. The molecule has 3 aromatic carbocycles. The van der Waals surface area contributed by atoms with Gasteiger partial charge in [-0.1, -0.05) is 30.3 Å². The van der Waals surface area contributed by atoms with Gasteiger partial charge in [-0.05, 0) is 42.0 Å². The molecule has 26 heavy (non-hydrogen) atoms. The summed E-state index contributed by atoms with van der Waals surface area (Å²) < 4.78 is 2.09. The number of nitrogens with two attached hydrogens (primary N) is 2. The van der Waals surface area contributed by atoms with E-state index in [-0.39, 0.29) is 0 Å². The highest BCUT2D eigenvalue weighted by Gasteiger charge is 2.16. The van der Waals surface area contributed by atoms with Crippen LogP contribution in [-0.2, 0) is 6.54 Å². The van der Waals surface area contributed by atoms with E-state index >= 15 is 0 Å². The fourth-order valence-corrected chi connectivity index (χ4v) is 3.39. The van der Waals surface area contributed by atoms with Gasteiger partial charge in [0.25, 0.3) is 0 Å². The Morgan fingerprint density at radius 3 is 2.46 bits per heavy atom. The van der Waals surface area contributed by atoms with Crippen molar-refractivity contribution in [3.63, 3.8) is 0 Å². The summed E-state index contributed by atoms with van der Waals surface area (Å²) in [6.07, 6.45) is 0. The van der Waals surface area contributed by atoms with Crippen molar-refractivity contribution >= 4 is 33.6 Å². The predicted octanol–water partition coefficient (Wildman–Crippen LogP) is 2.84. The van der Waals surface area contributed by atoms with Crippen molar-refractivity contribution in [3.8, 4) is 0 Å². The number of carbonyl (C=O) groups excluding carboxylic acids is 2. The number of amides is 2. The molecule has 0 unspecified atom stereocenters. The minimum Gasteiger partial charge on any atom is -0.366 e. The number of hydrogen-bond acceptors (Lipinski definition) is 2. The van der Waals surface area contributed by atoms with E-state index in [2.05, 4.69) is 10.6 Å². The summed E-state index contributed by atoms with van der Waals surface area (Å²) in [7, 11) is 0. The molecule has 0 saturated carbocycles. The molecule has 1 aromatic heterocycles. The normalized spacial score (nSPS) is 11.1. The van der Waals surface area contributed by atoms with Crippen LogP contribution in [-0.4, -0.2) is 16.4 Å². The lowest BCUT2D eigenvalue weighted by Crippen LogP contribution is -2.12. The van der Waals surface area contributed by atoms with Gasteiger partial charge in [0.1, 0.15) is 0 Å². The Labute approximate surface area is 149 Å². The number of primary amides is 2. The number of benzene rings is 3. The van der Waals surface area contributed by atoms with E-state index in [1.54, 1.807) is 18.2 Å². The van der Waals surface area contributed by atoms with Crippen molar-refractivity contribution in [1.82, 2.24) is 4.57 Å². The number of hydrogen-bond donors (Lipinski definition) is 2. The van der Waals surface area contributed by atoms with Crippen LogP contribution in [0.5, 0.6) is 0 Å². The molecule has 2 amide bonds. The predicted molar refractivity (Wildman–Crippen MR) is 101 cm³/mol. The molecule has 4 N–H and O–H groups in total. The van der Waals surface area contributed by atoms with Crippen LogP contribution in [0.2, 0.25) is 0 Å². The van der Waals surface area contributed by atoms with E-state index in [9.17, 15) is 9.59 Å². The first-order chi connectivity index (χ1) is 12.6. The van der Waals surface area contributed by atoms with E-state index in [1.807, 2.05) is 42.5 Å². The monoisotopic (exact) mass is 342 g/mol.